The Kier molecular flexibility index (Phi) is 57.5. The van der Waals surface area contributed by atoms with Crippen molar-refractivity contribution in [3.63, 3.8) is 0 Å². The summed E-state index contributed by atoms with van der Waals surface area (Å²) in [5.41, 5.74) is 0. The second-order valence-corrected chi connectivity index (χ2v) is 21.8. The highest BCUT2D eigenvalue weighted by Crippen LogP contribution is 2.19. The van der Waals surface area contributed by atoms with Gasteiger partial charge in [0.2, 0.25) is 5.91 Å². The molecule has 0 aromatic heterocycles. The number of unbranched alkanes of at least 4 members (excludes halogenated alkanes) is 48. The van der Waals surface area contributed by atoms with Crippen LogP contribution in [0.5, 0.6) is 0 Å². The van der Waals surface area contributed by atoms with E-state index in [4.69, 9.17) is 4.74 Å². The fourth-order valence-electron chi connectivity index (χ4n) is 10.1. The van der Waals surface area contributed by atoms with Crippen LogP contribution in [0.15, 0.2) is 0 Å². The van der Waals surface area contributed by atoms with E-state index in [1.807, 2.05) is 0 Å². The maximum Gasteiger partial charge on any atom is 0.305 e. The van der Waals surface area contributed by atoms with E-state index >= 15 is 0 Å². The van der Waals surface area contributed by atoms with Gasteiger partial charge in [0.15, 0.2) is 0 Å². The molecule has 0 aliphatic carbocycles. The van der Waals surface area contributed by atoms with Gasteiger partial charge in [-0.1, -0.05) is 322 Å². The summed E-state index contributed by atoms with van der Waals surface area (Å²) in [6.07, 6.45) is 68.4. The van der Waals surface area contributed by atoms with E-state index in [-0.39, 0.29) is 18.5 Å². The van der Waals surface area contributed by atoms with Crippen LogP contribution in [-0.2, 0) is 14.3 Å². The number of aliphatic hydroxyl groups is 2. The van der Waals surface area contributed by atoms with E-state index in [0.29, 0.717) is 25.9 Å². The first-order valence-corrected chi connectivity index (χ1v) is 31.3. The molecule has 2 unspecified atom stereocenters. The van der Waals surface area contributed by atoms with Gasteiger partial charge in [-0.15, -0.1) is 0 Å². The third kappa shape index (κ3) is 54.2. The summed E-state index contributed by atoms with van der Waals surface area (Å²) in [7, 11) is 0. The van der Waals surface area contributed by atoms with Gasteiger partial charge in [0.25, 0.3) is 0 Å². The summed E-state index contributed by atoms with van der Waals surface area (Å²) < 4.78 is 5.50. The van der Waals surface area contributed by atoms with Crippen LogP contribution in [-0.4, -0.2) is 47.4 Å². The monoisotopic (exact) mass is 962 g/mol. The lowest BCUT2D eigenvalue weighted by Gasteiger charge is -2.22. The summed E-state index contributed by atoms with van der Waals surface area (Å²) in [5.74, 6) is -0.0144. The molecule has 0 aromatic carbocycles. The molecule has 0 heterocycles. The van der Waals surface area contributed by atoms with Gasteiger partial charge in [-0.2, -0.15) is 0 Å². The van der Waals surface area contributed by atoms with E-state index in [2.05, 4.69) is 19.2 Å². The number of aliphatic hydroxyl groups excluding tert-OH is 2. The predicted octanol–water partition coefficient (Wildman–Crippen LogP) is 19.5. The molecule has 0 rings (SSSR count). The minimum Gasteiger partial charge on any atom is -0.466 e. The van der Waals surface area contributed by atoms with Crippen molar-refractivity contribution < 1.29 is 24.5 Å². The number of nitrogens with one attached hydrogen (secondary N) is 1. The summed E-state index contributed by atoms with van der Waals surface area (Å²) in [5, 5.41) is 23.2. The Hall–Kier alpha value is -1.14. The highest BCUT2D eigenvalue weighted by molar-refractivity contribution is 5.76. The Morgan fingerprint density at radius 2 is 0.603 bits per heavy atom. The van der Waals surface area contributed by atoms with Crippen LogP contribution in [0.3, 0.4) is 0 Å². The molecule has 0 aliphatic rings. The van der Waals surface area contributed by atoms with Crippen molar-refractivity contribution >= 4 is 11.9 Å². The number of carbonyl (C=O) groups excluding carboxylic acids is 2. The first-order valence-electron chi connectivity index (χ1n) is 31.3. The van der Waals surface area contributed by atoms with E-state index < -0.39 is 12.1 Å². The molecule has 0 bridgehead atoms. The second-order valence-electron chi connectivity index (χ2n) is 21.8. The average molecular weight is 963 g/mol. The van der Waals surface area contributed by atoms with E-state index in [0.717, 1.165) is 38.5 Å². The van der Waals surface area contributed by atoms with Gasteiger partial charge in [-0.05, 0) is 25.7 Å². The van der Waals surface area contributed by atoms with Crippen molar-refractivity contribution in [2.45, 2.75) is 373 Å². The smallest absolute Gasteiger partial charge is 0.305 e. The van der Waals surface area contributed by atoms with Crippen molar-refractivity contribution in [1.29, 1.82) is 0 Å². The van der Waals surface area contributed by atoms with Gasteiger partial charge < -0.3 is 20.3 Å². The number of carbonyl (C=O) groups is 2. The zero-order chi connectivity index (χ0) is 49.3. The normalized spacial score (nSPS) is 12.5. The number of esters is 1. The highest BCUT2D eigenvalue weighted by Gasteiger charge is 2.20. The Morgan fingerprint density at radius 1 is 0.353 bits per heavy atom. The molecule has 0 saturated carbocycles. The summed E-state index contributed by atoms with van der Waals surface area (Å²) in [6, 6.07) is -0.538. The highest BCUT2D eigenvalue weighted by atomic mass is 16.5. The van der Waals surface area contributed by atoms with Gasteiger partial charge in [-0.3, -0.25) is 9.59 Å². The SMILES string of the molecule is CCCCCCCCCCCCCCCCCCCCC(=O)OCCCCCCCCCCCCCCCCCCCCCCCCCC(=O)NC(CO)C(O)CCCCCCCCCCCC. The molecule has 6 nitrogen and oxygen atoms in total. The number of hydrogen-bond donors (Lipinski definition) is 3. The lowest BCUT2D eigenvalue weighted by Crippen LogP contribution is -2.45. The maximum absolute atomic E-state index is 12.4. The predicted molar refractivity (Wildman–Crippen MR) is 297 cm³/mol. The molecule has 0 spiro atoms. The molecule has 0 aromatic rings. The Bertz CT molecular complexity index is 975. The van der Waals surface area contributed by atoms with Crippen molar-refractivity contribution in [2.24, 2.45) is 0 Å². The largest absolute Gasteiger partial charge is 0.466 e. The topological polar surface area (TPSA) is 95.9 Å². The van der Waals surface area contributed by atoms with E-state index in [9.17, 15) is 19.8 Å². The molecule has 0 radical (unpaired) electrons. The zero-order valence-corrected chi connectivity index (χ0v) is 46.4. The summed E-state index contributed by atoms with van der Waals surface area (Å²) >= 11 is 0. The molecule has 1 amide bonds. The van der Waals surface area contributed by atoms with Crippen LogP contribution in [0.2, 0.25) is 0 Å². The average Bonchev–Trinajstić information content (AvgIpc) is 3.34. The molecule has 6 heteroatoms. The van der Waals surface area contributed by atoms with Gasteiger partial charge in [0.05, 0.1) is 25.4 Å². The maximum atomic E-state index is 12.4. The van der Waals surface area contributed by atoms with Gasteiger partial charge in [-0.25, -0.2) is 0 Å². The van der Waals surface area contributed by atoms with Gasteiger partial charge in [0, 0.05) is 12.8 Å². The fraction of sp³-hybridized carbons (Fsp3) is 0.968. The number of amides is 1. The molecule has 0 aliphatic heterocycles. The lowest BCUT2D eigenvalue weighted by molar-refractivity contribution is -0.143. The Labute approximate surface area is 426 Å². The summed E-state index contributed by atoms with van der Waals surface area (Å²) in [6.45, 7) is 4.97. The zero-order valence-electron chi connectivity index (χ0n) is 46.4. The number of hydrogen-bond acceptors (Lipinski definition) is 5. The fourth-order valence-corrected chi connectivity index (χ4v) is 10.1. The standard InChI is InChI=1S/C62H123NO5/c1-3-5-7-9-11-13-15-16-17-18-27-30-33-36-40-44-48-52-56-62(67)68-57-53-49-45-41-37-34-31-28-25-23-21-19-20-22-24-26-29-32-35-39-43-47-51-55-61(66)63-59(58-64)60(65)54-50-46-42-38-14-12-10-8-6-4-2/h59-60,64-65H,3-58H2,1-2H3,(H,63,66). The molecule has 3 N–H and O–H groups in total. The Balaban J connectivity index is 3.31. The van der Waals surface area contributed by atoms with Crippen molar-refractivity contribution in [3.05, 3.63) is 0 Å². The second kappa shape index (κ2) is 58.4. The van der Waals surface area contributed by atoms with Crippen molar-refractivity contribution in [2.75, 3.05) is 13.2 Å². The minimum atomic E-state index is -0.661. The van der Waals surface area contributed by atoms with Crippen molar-refractivity contribution in [3.8, 4) is 0 Å². The van der Waals surface area contributed by atoms with Crippen LogP contribution >= 0.6 is 0 Å². The molecule has 0 saturated heterocycles. The summed E-state index contributed by atoms with van der Waals surface area (Å²) in [4.78, 5) is 24.5. The first kappa shape index (κ1) is 66.9. The molecule has 0 fully saturated rings. The third-order valence-electron chi connectivity index (χ3n) is 14.9. The number of ether oxygens (including phenoxy) is 1. The molecular formula is C62H123NO5. The quantitative estimate of drug-likeness (QED) is 0.0417. The molecular weight excluding hydrogens is 839 g/mol. The van der Waals surface area contributed by atoms with Gasteiger partial charge >= 0.3 is 5.97 Å². The molecule has 2 atom stereocenters. The van der Waals surface area contributed by atoms with E-state index in [1.165, 1.54) is 289 Å². The van der Waals surface area contributed by atoms with E-state index in [1.54, 1.807) is 0 Å². The van der Waals surface area contributed by atoms with Crippen LogP contribution in [0.4, 0.5) is 0 Å². The lowest BCUT2D eigenvalue weighted by atomic mass is 10.0. The molecule has 406 valence electrons. The van der Waals surface area contributed by atoms with Crippen molar-refractivity contribution in [1.82, 2.24) is 5.32 Å². The molecule has 68 heavy (non-hydrogen) atoms. The van der Waals surface area contributed by atoms with Crippen LogP contribution in [0.1, 0.15) is 361 Å². The minimum absolute atomic E-state index is 0.0197. The Morgan fingerprint density at radius 3 is 0.897 bits per heavy atom. The van der Waals surface area contributed by atoms with Crippen LogP contribution in [0.25, 0.3) is 0 Å². The van der Waals surface area contributed by atoms with Crippen LogP contribution < -0.4 is 5.32 Å². The van der Waals surface area contributed by atoms with Crippen LogP contribution in [0, 0.1) is 0 Å². The first-order chi connectivity index (χ1) is 33.5. The number of rotatable bonds is 59. The third-order valence-corrected chi connectivity index (χ3v) is 14.9. The van der Waals surface area contributed by atoms with Gasteiger partial charge in [0.1, 0.15) is 0 Å².